The Bertz CT molecular complexity index is 475. The monoisotopic (exact) mass is 384 g/mol. The van der Waals surface area contributed by atoms with E-state index in [1.807, 2.05) is 0 Å². The van der Waals surface area contributed by atoms with Crippen LogP contribution in [0.25, 0.3) is 0 Å². The summed E-state index contributed by atoms with van der Waals surface area (Å²) in [6.07, 6.45) is -15.9. The minimum absolute atomic E-state index is 0.443. The molecule has 0 aromatic carbocycles. The SMILES string of the molecule is CC(=O)OC[C@H]1O[C@@H](O[C@@H]2[C@@H](O)[C@H](O)[C@@H](CO)O[C@H]2O)[C@H](O)[C@@H](O)[C@@H]1O. The molecule has 0 saturated carbocycles. The van der Waals surface area contributed by atoms with Crippen LogP contribution in [0.5, 0.6) is 0 Å². The molecule has 2 aliphatic heterocycles. The van der Waals surface area contributed by atoms with Crippen molar-refractivity contribution in [2.45, 2.75) is 68.3 Å². The van der Waals surface area contributed by atoms with E-state index in [1.165, 1.54) is 0 Å². The van der Waals surface area contributed by atoms with Gasteiger partial charge in [0.25, 0.3) is 0 Å². The van der Waals surface area contributed by atoms with Gasteiger partial charge in [-0.25, -0.2) is 0 Å². The van der Waals surface area contributed by atoms with E-state index in [2.05, 4.69) is 0 Å². The molecule has 2 fully saturated rings. The first-order valence-corrected chi connectivity index (χ1v) is 7.96. The van der Waals surface area contributed by atoms with Crippen molar-refractivity contribution in [1.29, 1.82) is 0 Å². The Morgan fingerprint density at radius 2 is 1.50 bits per heavy atom. The molecule has 0 radical (unpaired) electrons. The molecule has 2 saturated heterocycles. The Morgan fingerprint density at radius 3 is 2.08 bits per heavy atom. The van der Waals surface area contributed by atoms with E-state index in [4.69, 9.17) is 24.1 Å². The predicted molar refractivity (Wildman–Crippen MR) is 78.2 cm³/mol. The topological polar surface area (TPSA) is 196 Å². The zero-order valence-electron chi connectivity index (χ0n) is 13.9. The number of esters is 1. The molecule has 12 nitrogen and oxygen atoms in total. The van der Waals surface area contributed by atoms with Crippen molar-refractivity contribution in [1.82, 2.24) is 0 Å². The molecule has 0 aromatic heterocycles. The highest BCUT2D eigenvalue weighted by Crippen LogP contribution is 2.28. The van der Waals surface area contributed by atoms with E-state index < -0.39 is 80.6 Å². The number of hydrogen-bond acceptors (Lipinski definition) is 12. The molecular weight excluding hydrogens is 360 g/mol. The third-order valence-electron chi connectivity index (χ3n) is 4.25. The van der Waals surface area contributed by atoms with E-state index >= 15 is 0 Å². The van der Waals surface area contributed by atoms with Crippen molar-refractivity contribution in [3.63, 3.8) is 0 Å². The van der Waals surface area contributed by atoms with E-state index in [9.17, 15) is 35.4 Å². The van der Waals surface area contributed by atoms with Crippen LogP contribution in [-0.2, 0) is 23.7 Å². The van der Waals surface area contributed by atoms with Crippen LogP contribution in [0.2, 0.25) is 0 Å². The van der Waals surface area contributed by atoms with Crippen LogP contribution in [0.4, 0.5) is 0 Å². The maximum atomic E-state index is 10.9. The number of carbonyl (C=O) groups is 1. The van der Waals surface area contributed by atoms with Crippen molar-refractivity contribution < 1.29 is 59.5 Å². The van der Waals surface area contributed by atoms with Crippen molar-refractivity contribution in [3.05, 3.63) is 0 Å². The molecule has 152 valence electrons. The molecule has 26 heavy (non-hydrogen) atoms. The molecule has 0 aromatic rings. The minimum Gasteiger partial charge on any atom is -0.463 e. The largest absolute Gasteiger partial charge is 0.463 e. The Hall–Kier alpha value is -0.930. The fourth-order valence-corrected chi connectivity index (χ4v) is 2.74. The summed E-state index contributed by atoms with van der Waals surface area (Å²) in [6.45, 7) is 0.0149. The van der Waals surface area contributed by atoms with Crippen LogP contribution in [0.3, 0.4) is 0 Å². The lowest BCUT2D eigenvalue weighted by atomic mass is 9.97. The normalized spacial score (nSPS) is 46.8. The number of hydrogen-bond donors (Lipinski definition) is 7. The highest BCUT2D eigenvalue weighted by atomic mass is 16.7. The van der Waals surface area contributed by atoms with Crippen molar-refractivity contribution >= 4 is 5.97 Å². The third-order valence-corrected chi connectivity index (χ3v) is 4.25. The minimum atomic E-state index is -1.78. The standard InChI is InChI=1S/C14H24O12/c1-4(16)23-3-6-8(18)9(19)11(21)14(25-6)26-12-10(20)7(17)5(2-15)24-13(12)22/h5-15,17-22H,2-3H2,1H3/t5-,6-,7-,8-,9+,10+,11-,12-,13-,14+/m1/s1. The van der Waals surface area contributed by atoms with Gasteiger partial charge in [0.15, 0.2) is 12.6 Å². The van der Waals surface area contributed by atoms with Gasteiger partial charge in [-0.1, -0.05) is 0 Å². The molecule has 2 rings (SSSR count). The average molecular weight is 384 g/mol. The number of aliphatic hydroxyl groups excluding tert-OH is 7. The summed E-state index contributed by atoms with van der Waals surface area (Å²) in [5.74, 6) is -0.663. The van der Waals surface area contributed by atoms with E-state index in [-0.39, 0.29) is 0 Å². The molecule has 0 bridgehead atoms. The summed E-state index contributed by atoms with van der Waals surface area (Å²) in [5, 5.41) is 68.6. The van der Waals surface area contributed by atoms with Gasteiger partial charge in [0.2, 0.25) is 0 Å². The van der Waals surface area contributed by atoms with Crippen LogP contribution < -0.4 is 0 Å². The first kappa shape index (κ1) is 21.4. The smallest absolute Gasteiger partial charge is 0.302 e. The predicted octanol–water partition coefficient (Wildman–Crippen LogP) is -4.83. The highest BCUT2D eigenvalue weighted by Gasteiger charge is 2.50. The van der Waals surface area contributed by atoms with Crippen LogP contribution in [0.15, 0.2) is 0 Å². The number of carbonyl (C=O) groups excluding carboxylic acids is 1. The Labute approximate surface area is 148 Å². The third kappa shape index (κ3) is 4.48. The van der Waals surface area contributed by atoms with Gasteiger partial charge in [-0.3, -0.25) is 4.79 Å². The summed E-state index contributed by atoms with van der Waals surface area (Å²) < 4.78 is 20.1. The van der Waals surface area contributed by atoms with Gasteiger partial charge in [-0.2, -0.15) is 0 Å². The van der Waals surface area contributed by atoms with Gasteiger partial charge in [0.1, 0.15) is 55.4 Å². The molecule has 0 aliphatic carbocycles. The molecule has 7 N–H and O–H groups in total. The van der Waals surface area contributed by atoms with Crippen molar-refractivity contribution in [2.75, 3.05) is 13.2 Å². The summed E-state index contributed by atoms with van der Waals surface area (Å²) in [6, 6.07) is 0. The number of rotatable bonds is 5. The lowest BCUT2D eigenvalue weighted by Gasteiger charge is -2.45. The molecule has 12 heteroatoms. The molecule has 0 spiro atoms. The van der Waals surface area contributed by atoms with Gasteiger partial charge < -0.3 is 54.7 Å². The Kier molecular flexibility index (Phi) is 7.27. The first-order valence-electron chi connectivity index (χ1n) is 7.96. The molecular formula is C14H24O12. The second kappa shape index (κ2) is 8.84. The van der Waals surface area contributed by atoms with E-state index in [1.54, 1.807) is 0 Å². The summed E-state index contributed by atoms with van der Waals surface area (Å²) in [5.41, 5.74) is 0. The lowest BCUT2D eigenvalue weighted by Crippen LogP contribution is -2.64. The molecule has 2 aliphatic rings. The van der Waals surface area contributed by atoms with Gasteiger partial charge in [0, 0.05) is 6.92 Å². The van der Waals surface area contributed by atoms with Gasteiger partial charge in [-0.15, -0.1) is 0 Å². The number of ether oxygens (including phenoxy) is 4. The molecule has 10 atom stereocenters. The molecule has 2 heterocycles. The zero-order valence-corrected chi connectivity index (χ0v) is 13.9. The highest BCUT2D eigenvalue weighted by molar-refractivity contribution is 5.65. The fraction of sp³-hybridized carbons (Fsp3) is 0.929. The van der Waals surface area contributed by atoms with Crippen LogP contribution in [-0.4, -0.2) is 116 Å². The summed E-state index contributed by atoms with van der Waals surface area (Å²) in [4.78, 5) is 10.9. The van der Waals surface area contributed by atoms with Crippen LogP contribution in [0.1, 0.15) is 6.92 Å². The Balaban J connectivity index is 2.07. The second-order valence-electron chi connectivity index (χ2n) is 6.15. The summed E-state index contributed by atoms with van der Waals surface area (Å²) in [7, 11) is 0. The van der Waals surface area contributed by atoms with Crippen LogP contribution >= 0.6 is 0 Å². The maximum absolute atomic E-state index is 10.9. The van der Waals surface area contributed by atoms with Crippen LogP contribution in [0, 0.1) is 0 Å². The zero-order chi connectivity index (χ0) is 19.6. The van der Waals surface area contributed by atoms with Gasteiger partial charge in [-0.05, 0) is 0 Å². The lowest BCUT2D eigenvalue weighted by molar-refractivity contribution is -0.361. The average Bonchev–Trinajstić information content (AvgIpc) is 2.60. The quantitative estimate of drug-likeness (QED) is 0.224. The maximum Gasteiger partial charge on any atom is 0.302 e. The summed E-state index contributed by atoms with van der Waals surface area (Å²) >= 11 is 0. The fourth-order valence-electron chi connectivity index (χ4n) is 2.74. The number of aliphatic hydroxyl groups is 7. The van der Waals surface area contributed by atoms with Gasteiger partial charge >= 0.3 is 5.97 Å². The molecule has 0 amide bonds. The second-order valence-corrected chi connectivity index (χ2v) is 6.15. The van der Waals surface area contributed by atoms with Crippen molar-refractivity contribution in [2.24, 2.45) is 0 Å². The van der Waals surface area contributed by atoms with Crippen molar-refractivity contribution in [3.8, 4) is 0 Å². The van der Waals surface area contributed by atoms with E-state index in [0.29, 0.717) is 0 Å². The Morgan fingerprint density at radius 1 is 0.885 bits per heavy atom. The van der Waals surface area contributed by atoms with E-state index in [0.717, 1.165) is 6.92 Å². The van der Waals surface area contributed by atoms with Gasteiger partial charge in [0.05, 0.1) is 6.61 Å². The molecule has 0 unspecified atom stereocenters. The first-order chi connectivity index (χ1) is 12.2.